The van der Waals surface area contributed by atoms with E-state index in [1.54, 1.807) is 4.90 Å². The zero-order chi connectivity index (χ0) is 7.98. The van der Waals surface area contributed by atoms with Gasteiger partial charge in [-0.05, 0) is 20.8 Å². The molecule has 1 unspecified atom stereocenters. The Balaban J connectivity index is 0. The summed E-state index contributed by atoms with van der Waals surface area (Å²) in [5.41, 5.74) is 0. The number of halogens is 2. The summed E-state index contributed by atoms with van der Waals surface area (Å²) < 4.78 is 0. The maximum Gasteiger partial charge on any atom is 0.0784 e. The number of hydrogen-bond acceptors (Lipinski definition) is 0. The summed E-state index contributed by atoms with van der Waals surface area (Å²) in [5.74, 6) is 0. The number of nitrogens with one attached hydrogen (secondary N) is 1. The Morgan fingerprint density at radius 3 is 2.00 bits per heavy atom. The molecule has 0 radical (unpaired) electrons. The van der Waals surface area contributed by atoms with Gasteiger partial charge in [0.2, 0.25) is 0 Å². The lowest BCUT2D eigenvalue weighted by atomic mass is 10.3. The molecule has 0 aromatic heterocycles. The summed E-state index contributed by atoms with van der Waals surface area (Å²) in [6.45, 7) is 10.2. The SMILES string of the molecule is CC[NH+](CC)CCC(C)Cl.[Cl-]. The molecule has 0 rings (SSSR count). The molecule has 0 aliphatic rings. The summed E-state index contributed by atoms with van der Waals surface area (Å²) >= 11 is 5.82. The number of rotatable bonds is 5. The molecule has 0 spiro atoms. The normalized spacial score (nSPS) is 12.8. The first-order chi connectivity index (χ1) is 4.70. The molecule has 0 amide bonds. The molecule has 3 heteroatoms. The van der Waals surface area contributed by atoms with Crippen LogP contribution in [-0.2, 0) is 0 Å². The standard InChI is InChI=1S/C8H18ClN.ClH/c1-4-10(5-2)7-6-8(3)9;/h8H,4-7H2,1-3H3;1H. The van der Waals surface area contributed by atoms with Gasteiger partial charge in [0.05, 0.1) is 19.6 Å². The summed E-state index contributed by atoms with van der Waals surface area (Å²) in [6.07, 6.45) is 1.14. The number of hydrogen-bond donors (Lipinski definition) is 1. The lowest BCUT2D eigenvalue weighted by molar-refractivity contribution is -0.896. The van der Waals surface area contributed by atoms with Gasteiger partial charge in [0.15, 0.2) is 0 Å². The molecule has 1 nitrogen and oxygen atoms in total. The third kappa shape index (κ3) is 8.45. The maximum atomic E-state index is 5.82. The van der Waals surface area contributed by atoms with Gasteiger partial charge in [-0.15, -0.1) is 11.6 Å². The molecule has 0 saturated carbocycles. The highest BCUT2D eigenvalue weighted by molar-refractivity contribution is 6.20. The van der Waals surface area contributed by atoms with Gasteiger partial charge in [0, 0.05) is 11.8 Å². The van der Waals surface area contributed by atoms with Crippen LogP contribution in [0.1, 0.15) is 27.2 Å². The fraction of sp³-hybridized carbons (Fsp3) is 1.00. The molecule has 0 aromatic rings. The number of quaternary nitrogens is 1. The monoisotopic (exact) mass is 199 g/mol. The summed E-state index contributed by atoms with van der Waals surface area (Å²) in [6, 6.07) is 0. The van der Waals surface area contributed by atoms with Gasteiger partial charge >= 0.3 is 0 Å². The number of alkyl halides is 1. The molecule has 11 heavy (non-hydrogen) atoms. The quantitative estimate of drug-likeness (QED) is 0.486. The molecule has 0 aliphatic carbocycles. The molecule has 0 aromatic carbocycles. The van der Waals surface area contributed by atoms with E-state index in [2.05, 4.69) is 20.8 Å². The zero-order valence-corrected chi connectivity index (χ0v) is 9.17. The van der Waals surface area contributed by atoms with Gasteiger partial charge in [-0.1, -0.05) is 0 Å². The minimum Gasteiger partial charge on any atom is -1.00 e. The second kappa shape index (κ2) is 8.63. The molecule has 70 valence electrons. The topological polar surface area (TPSA) is 4.44 Å². The summed E-state index contributed by atoms with van der Waals surface area (Å²) in [7, 11) is 0. The van der Waals surface area contributed by atoms with Crippen molar-refractivity contribution >= 4 is 11.6 Å². The first-order valence-electron chi connectivity index (χ1n) is 4.18. The Morgan fingerprint density at radius 2 is 1.73 bits per heavy atom. The largest absolute Gasteiger partial charge is 1.00 e. The van der Waals surface area contributed by atoms with Crippen molar-refractivity contribution in [2.75, 3.05) is 19.6 Å². The molecule has 0 fully saturated rings. The van der Waals surface area contributed by atoms with Crippen LogP contribution in [0.25, 0.3) is 0 Å². The van der Waals surface area contributed by atoms with E-state index in [9.17, 15) is 0 Å². The van der Waals surface area contributed by atoms with E-state index in [1.165, 1.54) is 19.6 Å². The van der Waals surface area contributed by atoms with Crippen molar-refractivity contribution in [2.24, 2.45) is 0 Å². The van der Waals surface area contributed by atoms with Crippen LogP contribution in [0, 0.1) is 0 Å². The molecular weight excluding hydrogens is 181 g/mol. The van der Waals surface area contributed by atoms with Crippen molar-refractivity contribution in [1.82, 2.24) is 0 Å². The predicted molar refractivity (Wildman–Crippen MR) is 46.8 cm³/mol. The van der Waals surface area contributed by atoms with Gasteiger partial charge in [0.25, 0.3) is 0 Å². The first-order valence-corrected chi connectivity index (χ1v) is 4.62. The average Bonchev–Trinajstić information content (AvgIpc) is 1.90. The Kier molecular flexibility index (Phi) is 11.1. The van der Waals surface area contributed by atoms with Crippen molar-refractivity contribution in [3.05, 3.63) is 0 Å². The third-order valence-electron chi connectivity index (χ3n) is 1.90. The highest BCUT2D eigenvalue weighted by Gasteiger charge is 2.03. The van der Waals surface area contributed by atoms with Gasteiger partial charge in [-0.3, -0.25) is 0 Å². The molecule has 0 aliphatic heterocycles. The zero-order valence-electron chi connectivity index (χ0n) is 7.66. The average molecular weight is 200 g/mol. The highest BCUT2D eigenvalue weighted by atomic mass is 35.5. The van der Waals surface area contributed by atoms with Gasteiger partial charge in [0.1, 0.15) is 0 Å². The van der Waals surface area contributed by atoms with Crippen LogP contribution in [0.4, 0.5) is 0 Å². The van der Waals surface area contributed by atoms with E-state index in [4.69, 9.17) is 11.6 Å². The van der Waals surface area contributed by atoms with Crippen LogP contribution >= 0.6 is 11.6 Å². The minimum atomic E-state index is 0. The van der Waals surface area contributed by atoms with E-state index in [1.807, 2.05) is 0 Å². The van der Waals surface area contributed by atoms with Gasteiger partial charge < -0.3 is 17.3 Å². The molecule has 0 bridgehead atoms. The van der Waals surface area contributed by atoms with Gasteiger partial charge in [-0.25, -0.2) is 0 Å². The molecule has 1 N–H and O–H groups in total. The van der Waals surface area contributed by atoms with Crippen molar-refractivity contribution in [3.8, 4) is 0 Å². The molecule has 0 heterocycles. The van der Waals surface area contributed by atoms with Crippen molar-refractivity contribution in [2.45, 2.75) is 32.6 Å². The van der Waals surface area contributed by atoms with E-state index in [0.29, 0.717) is 5.38 Å². The van der Waals surface area contributed by atoms with Crippen LogP contribution in [-0.4, -0.2) is 25.0 Å². The summed E-state index contributed by atoms with van der Waals surface area (Å²) in [4.78, 5) is 1.65. The third-order valence-corrected chi connectivity index (χ3v) is 2.11. The lowest BCUT2D eigenvalue weighted by Gasteiger charge is -2.15. The minimum absolute atomic E-state index is 0. The Labute approximate surface area is 81.5 Å². The van der Waals surface area contributed by atoms with E-state index >= 15 is 0 Å². The van der Waals surface area contributed by atoms with Crippen LogP contribution in [0.3, 0.4) is 0 Å². The van der Waals surface area contributed by atoms with Crippen LogP contribution in [0.15, 0.2) is 0 Å². The second-order valence-electron chi connectivity index (χ2n) is 2.78. The molecular formula is C8H19Cl2N. The second-order valence-corrected chi connectivity index (χ2v) is 3.52. The van der Waals surface area contributed by atoms with E-state index in [0.717, 1.165) is 6.42 Å². The van der Waals surface area contributed by atoms with Crippen LogP contribution in [0.5, 0.6) is 0 Å². The predicted octanol–water partition coefficient (Wildman–Crippen LogP) is -2.07. The van der Waals surface area contributed by atoms with Gasteiger partial charge in [-0.2, -0.15) is 0 Å². The van der Waals surface area contributed by atoms with Crippen LogP contribution in [0.2, 0.25) is 0 Å². The fourth-order valence-electron chi connectivity index (χ4n) is 1.01. The van der Waals surface area contributed by atoms with Crippen molar-refractivity contribution in [3.63, 3.8) is 0 Å². The molecule has 0 saturated heterocycles. The van der Waals surface area contributed by atoms with E-state index < -0.39 is 0 Å². The van der Waals surface area contributed by atoms with Crippen LogP contribution < -0.4 is 17.3 Å². The van der Waals surface area contributed by atoms with Crippen molar-refractivity contribution in [1.29, 1.82) is 0 Å². The fourth-order valence-corrected chi connectivity index (χ4v) is 1.12. The smallest absolute Gasteiger partial charge is 0.0784 e. The summed E-state index contributed by atoms with van der Waals surface area (Å²) in [5, 5.41) is 0.341. The maximum absolute atomic E-state index is 5.82. The highest BCUT2D eigenvalue weighted by Crippen LogP contribution is 1.95. The Bertz CT molecular complexity index is 72.5. The Hall–Kier alpha value is 0.540. The van der Waals surface area contributed by atoms with Crippen molar-refractivity contribution < 1.29 is 17.3 Å². The first kappa shape index (κ1) is 14.1. The van der Waals surface area contributed by atoms with E-state index in [-0.39, 0.29) is 12.4 Å². The molecule has 1 atom stereocenters. The Morgan fingerprint density at radius 1 is 1.27 bits per heavy atom. The lowest BCUT2D eigenvalue weighted by Crippen LogP contribution is -3.11.